The SMILES string of the molecule is COc1cc(NCCCS(C)(=O)=O)nc(C)n1. The Labute approximate surface area is 101 Å². The lowest BCUT2D eigenvalue weighted by Gasteiger charge is -2.07. The van der Waals surface area contributed by atoms with E-state index in [9.17, 15) is 8.42 Å². The number of ether oxygens (including phenoxy) is 1. The summed E-state index contributed by atoms with van der Waals surface area (Å²) >= 11 is 0. The van der Waals surface area contributed by atoms with E-state index in [1.165, 1.54) is 13.4 Å². The van der Waals surface area contributed by atoms with Gasteiger partial charge in [0.15, 0.2) is 0 Å². The van der Waals surface area contributed by atoms with Gasteiger partial charge in [0.05, 0.1) is 12.9 Å². The first kappa shape index (κ1) is 13.7. The Hall–Kier alpha value is -1.37. The van der Waals surface area contributed by atoms with Crippen LogP contribution in [-0.2, 0) is 9.84 Å². The van der Waals surface area contributed by atoms with Crippen LogP contribution in [0.4, 0.5) is 5.82 Å². The van der Waals surface area contributed by atoms with Crippen LogP contribution in [0.1, 0.15) is 12.2 Å². The number of nitrogens with zero attached hydrogens (tertiary/aromatic N) is 2. The minimum Gasteiger partial charge on any atom is -0.481 e. The number of hydrogen-bond acceptors (Lipinski definition) is 6. The molecule has 0 aliphatic carbocycles. The zero-order valence-electron chi connectivity index (χ0n) is 10.2. The molecule has 1 N–H and O–H groups in total. The predicted molar refractivity (Wildman–Crippen MR) is 66.1 cm³/mol. The maximum atomic E-state index is 10.9. The average molecular weight is 259 g/mol. The van der Waals surface area contributed by atoms with Crippen molar-refractivity contribution >= 4 is 15.7 Å². The molecule has 7 heteroatoms. The molecule has 0 aliphatic rings. The zero-order chi connectivity index (χ0) is 12.9. The quantitative estimate of drug-likeness (QED) is 0.755. The van der Waals surface area contributed by atoms with Crippen LogP contribution in [-0.4, -0.2) is 44.0 Å². The summed E-state index contributed by atoms with van der Waals surface area (Å²) in [5.41, 5.74) is 0. The number of aryl methyl sites for hydroxylation is 1. The molecule has 0 fully saturated rings. The van der Waals surface area contributed by atoms with Gasteiger partial charge in [-0.1, -0.05) is 0 Å². The summed E-state index contributed by atoms with van der Waals surface area (Å²) in [7, 11) is -1.36. The van der Waals surface area contributed by atoms with Gasteiger partial charge >= 0.3 is 0 Å². The molecular formula is C10H17N3O3S. The number of sulfone groups is 1. The fraction of sp³-hybridized carbons (Fsp3) is 0.600. The smallest absolute Gasteiger partial charge is 0.218 e. The Balaban J connectivity index is 2.49. The topological polar surface area (TPSA) is 81.2 Å². The van der Waals surface area contributed by atoms with Crippen molar-refractivity contribution in [2.45, 2.75) is 13.3 Å². The molecular weight excluding hydrogens is 242 g/mol. The van der Waals surface area contributed by atoms with Gasteiger partial charge in [-0.25, -0.2) is 13.4 Å². The van der Waals surface area contributed by atoms with Crippen LogP contribution in [0, 0.1) is 6.92 Å². The molecule has 0 aliphatic heterocycles. The van der Waals surface area contributed by atoms with Gasteiger partial charge in [-0.15, -0.1) is 0 Å². The van der Waals surface area contributed by atoms with Crippen LogP contribution in [0.25, 0.3) is 0 Å². The van der Waals surface area contributed by atoms with Crippen molar-refractivity contribution in [1.82, 2.24) is 9.97 Å². The van der Waals surface area contributed by atoms with Crippen molar-refractivity contribution in [3.05, 3.63) is 11.9 Å². The minimum atomic E-state index is -2.90. The molecule has 0 aromatic carbocycles. The lowest BCUT2D eigenvalue weighted by molar-refractivity contribution is 0.396. The second kappa shape index (κ2) is 5.81. The second-order valence-electron chi connectivity index (χ2n) is 3.75. The maximum Gasteiger partial charge on any atom is 0.218 e. The summed E-state index contributed by atoms with van der Waals surface area (Å²) in [4.78, 5) is 8.21. The minimum absolute atomic E-state index is 0.168. The van der Waals surface area contributed by atoms with Crippen molar-refractivity contribution < 1.29 is 13.2 Å². The normalized spacial score (nSPS) is 11.2. The third-order valence-electron chi connectivity index (χ3n) is 2.02. The molecule has 1 aromatic heterocycles. The van der Waals surface area contributed by atoms with Crippen LogP contribution < -0.4 is 10.1 Å². The molecule has 0 saturated heterocycles. The number of methoxy groups -OCH3 is 1. The first-order valence-electron chi connectivity index (χ1n) is 5.22. The van der Waals surface area contributed by atoms with Crippen molar-refractivity contribution in [3.8, 4) is 5.88 Å². The van der Waals surface area contributed by atoms with Crippen LogP contribution in [0.2, 0.25) is 0 Å². The van der Waals surface area contributed by atoms with Gasteiger partial charge in [0.25, 0.3) is 0 Å². The monoisotopic (exact) mass is 259 g/mol. The molecule has 0 amide bonds. The first-order valence-corrected chi connectivity index (χ1v) is 7.28. The second-order valence-corrected chi connectivity index (χ2v) is 6.01. The lowest BCUT2D eigenvalue weighted by Crippen LogP contribution is -2.11. The molecule has 0 bridgehead atoms. The zero-order valence-corrected chi connectivity index (χ0v) is 11.0. The van der Waals surface area contributed by atoms with Gasteiger partial charge in [0, 0.05) is 18.9 Å². The summed E-state index contributed by atoms with van der Waals surface area (Å²) in [6, 6.07) is 1.67. The Morgan fingerprint density at radius 3 is 2.71 bits per heavy atom. The third-order valence-corrected chi connectivity index (χ3v) is 3.05. The largest absolute Gasteiger partial charge is 0.481 e. The Bertz CT molecular complexity index is 474. The Morgan fingerprint density at radius 2 is 2.12 bits per heavy atom. The number of rotatable bonds is 6. The summed E-state index contributed by atoms with van der Waals surface area (Å²) in [6.45, 7) is 2.32. The first-order chi connectivity index (χ1) is 7.90. The van der Waals surface area contributed by atoms with Crippen molar-refractivity contribution in [3.63, 3.8) is 0 Å². The lowest BCUT2D eigenvalue weighted by atomic mass is 10.4. The van der Waals surface area contributed by atoms with Gasteiger partial charge in [-0.2, -0.15) is 4.98 Å². The number of anilines is 1. The molecule has 1 rings (SSSR count). The van der Waals surface area contributed by atoms with E-state index in [2.05, 4.69) is 15.3 Å². The van der Waals surface area contributed by atoms with E-state index in [1.54, 1.807) is 13.0 Å². The highest BCUT2D eigenvalue weighted by Crippen LogP contribution is 2.12. The number of hydrogen-bond donors (Lipinski definition) is 1. The molecule has 0 spiro atoms. The highest BCUT2D eigenvalue weighted by molar-refractivity contribution is 7.90. The molecule has 96 valence electrons. The summed E-state index contributed by atoms with van der Waals surface area (Å²) < 4.78 is 26.9. The van der Waals surface area contributed by atoms with Crippen LogP contribution in [0.3, 0.4) is 0 Å². The Kier molecular flexibility index (Phi) is 4.68. The van der Waals surface area contributed by atoms with Crippen molar-refractivity contribution in [2.24, 2.45) is 0 Å². The van der Waals surface area contributed by atoms with Crippen LogP contribution >= 0.6 is 0 Å². The van der Waals surface area contributed by atoms with Gasteiger partial charge < -0.3 is 10.1 Å². The molecule has 0 unspecified atom stereocenters. The predicted octanol–water partition coefficient (Wildman–Crippen LogP) is 0.640. The fourth-order valence-electron chi connectivity index (χ4n) is 1.29. The van der Waals surface area contributed by atoms with Gasteiger partial charge in [0.2, 0.25) is 5.88 Å². The molecule has 6 nitrogen and oxygen atoms in total. The van der Waals surface area contributed by atoms with E-state index in [0.29, 0.717) is 30.5 Å². The highest BCUT2D eigenvalue weighted by Gasteiger charge is 2.03. The van der Waals surface area contributed by atoms with Gasteiger partial charge in [-0.05, 0) is 13.3 Å². The molecule has 0 radical (unpaired) electrons. The van der Waals surface area contributed by atoms with E-state index in [0.717, 1.165) is 0 Å². The van der Waals surface area contributed by atoms with E-state index < -0.39 is 9.84 Å². The van der Waals surface area contributed by atoms with E-state index in [1.807, 2.05) is 0 Å². The summed E-state index contributed by atoms with van der Waals surface area (Å²) in [5, 5.41) is 3.04. The van der Waals surface area contributed by atoms with Gasteiger partial charge in [0.1, 0.15) is 21.5 Å². The molecule has 1 aromatic rings. The molecule has 0 atom stereocenters. The fourth-order valence-corrected chi connectivity index (χ4v) is 1.95. The van der Waals surface area contributed by atoms with E-state index >= 15 is 0 Å². The van der Waals surface area contributed by atoms with Crippen molar-refractivity contribution in [2.75, 3.05) is 31.0 Å². The molecule has 1 heterocycles. The summed E-state index contributed by atoms with van der Waals surface area (Å²) in [6.07, 6.45) is 1.77. The number of aromatic nitrogens is 2. The highest BCUT2D eigenvalue weighted by atomic mass is 32.2. The van der Waals surface area contributed by atoms with Gasteiger partial charge in [-0.3, -0.25) is 0 Å². The van der Waals surface area contributed by atoms with Crippen LogP contribution in [0.5, 0.6) is 5.88 Å². The maximum absolute atomic E-state index is 10.9. The van der Waals surface area contributed by atoms with Crippen molar-refractivity contribution in [1.29, 1.82) is 0 Å². The molecule has 17 heavy (non-hydrogen) atoms. The average Bonchev–Trinajstić information content (AvgIpc) is 2.22. The van der Waals surface area contributed by atoms with E-state index in [-0.39, 0.29) is 5.75 Å². The Morgan fingerprint density at radius 1 is 1.41 bits per heavy atom. The third kappa shape index (κ3) is 5.48. The molecule has 0 saturated carbocycles. The summed E-state index contributed by atoms with van der Waals surface area (Å²) in [5.74, 6) is 1.90. The number of nitrogens with one attached hydrogen (secondary N) is 1. The standard InChI is InChI=1S/C10H17N3O3S/c1-8-12-9(7-10(13-8)16-2)11-5-4-6-17(3,14)15/h7H,4-6H2,1-3H3,(H,11,12,13). The van der Waals surface area contributed by atoms with Crippen LogP contribution in [0.15, 0.2) is 6.07 Å². The van der Waals surface area contributed by atoms with E-state index in [4.69, 9.17) is 4.74 Å².